The molecule has 0 amide bonds. The van der Waals surface area contributed by atoms with Crippen LogP contribution >= 0.6 is 23.5 Å². The summed E-state index contributed by atoms with van der Waals surface area (Å²) in [5, 5.41) is 0. The second kappa shape index (κ2) is 6.65. The van der Waals surface area contributed by atoms with Gasteiger partial charge in [0, 0.05) is 0 Å². The zero-order chi connectivity index (χ0) is 4.99. The molecule has 38 valence electrons. The molecule has 0 atom stereocenters. The second-order valence-corrected chi connectivity index (χ2v) is 1.00. The SMILES string of the molecule is O=C(CCl)OCl.[LiH]. The molecule has 0 bridgehead atoms. The summed E-state index contributed by atoms with van der Waals surface area (Å²) in [4.78, 5) is 9.69. The van der Waals surface area contributed by atoms with Gasteiger partial charge in [0.05, 0.1) is 0 Å². The van der Waals surface area contributed by atoms with Crippen LogP contribution in [-0.4, -0.2) is 30.7 Å². The van der Waals surface area contributed by atoms with E-state index in [1.807, 2.05) is 0 Å². The van der Waals surface area contributed by atoms with Gasteiger partial charge in [-0.15, -0.1) is 11.6 Å². The molecule has 0 saturated heterocycles. The van der Waals surface area contributed by atoms with Crippen molar-refractivity contribution < 1.29 is 9.08 Å². The average Bonchev–Trinajstić information content (AvgIpc) is 1.65. The minimum atomic E-state index is -0.627. The molecule has 0 fully saturated rings. The first kappa shape index (κ1) is 10.6. The maximum absolute atomic E-state index is 9.69. The van der Waals surface area contributed by atoms with Crippen LogP contribution in [0.2, 0.25) is 0 Å². The van der Waals surface area contributed by atoms with Gasteiger partial charge in [-0.3, -0.25) is 0 Å². The van der Waals surface area contributed by atoms with Gasteiger partial charge < -0.3 is 4.29 Å². The van der Waals surface area contributed by atoms with Gasteiger partial charge in [-0.2, -0.15) is 0 Å². The van der Waals surface area contributed by atoms with Gasteiger partial charge in [0.2, 0.25) is 0 Å². The predicted octanol–water partition coefficient (Wildman–Crippen LogP) is 0.274. The first-order valence-electron chi connectivity index (χ1n) is 1.18. The average molecular weight is 137 g/mol. The van der Waals surface area contributed by atoms with Gasteiger partial charge in [0.15, 0.2) is 0 Å². The van der Waals surface area contributed by atoms with E-state index < -0.39 is 5.97 Å². The van der Waals surface area contributed by atoms with Gasteiger partial charge in [-0.1, -0.05) is 0 Å². The third kappa shape index (κ3) is 6.65. The first-order chi connectivity index (χ1) is 2.81. The Morgan fingerprint density at radius 2 is 2.14 bits per heavy atom. The van der Waals surface area contributed by atoms with Crippen molar-refractivity contribution in [2.75, 3.05) is 5.88 Å². The Bertz CT molecular complexity index is 51.7. The Hall–Kier alpha value is 0.647. The summed E-state index contributed by atoms with van der Waals surface area (Å²) in [5.74, 6) is -0.818. The van der Waals surface area contributed by atoms with Crippen LogP contribution in [0.3, 0.4) is 0 Å². The number of hydrogen-bond acceptors (Lipinski definition) is 2. The van der Waals surface area contributed by atoms with E-state index in [-0.39, 0.29) is 24.7 Å². The summed E-state index contributed by atoms with van der Waals surface area (Å²) < 4.78 is 3.60. The van der Waals surface area contributed by atoms with Crippen LogP contribution in [0.5, 0.6) is 0 Å². The van der Waals surface area contributed by atoms with E-state index in [4.69, 9.17) is 11.6 Å². The quantitative estimate of drug-likeness (QED) is 0.383. The molecular formula is C2H3Cl2LiO2. The van der Waals surface area contributed by atoms with Crippen molar-refractivity contribution in [1.82, 2.24) is 0 Å². The van der Waals surface area contributed by atoms with Gasteiger partial charge in [-0.05, 0) is 0 Å². The predicted molar refractivity (Wildman–Crippen MR) is 29.8 cm³/mol. The Morgan fingerprint density at radius 3 is 2.14 bits per heavy atom. The molecule has 7 heavy (non-hydrogen) atoms. The zero-order valence-corrected chi connectivity index (χ0v) is 4.29. The van der Waals surface area contributed by atoms with Crippen molar-refractivity contribution in [3.05, 3.63) is 0 Å². The van der Waals surface area contributed by atoms with Crippen LogP contribution in [0.25, 0.3) is 0 Å². The number of carbonyl (C=O) groups excluding carboxylic acids is 1. The molecular weight excluding hydrogens is 134 g/mol. The van der Waals surface area contributed by atoms with Crippen LogP contribution < -0.4 is 0 Å². The van der Waals surface area contributed by atoms with Crippen molar-refractivity contribution in [1.29, 1.82) is 0 Å². The van der Waals surface area contributed by atoms with Gasteiger partial charge in [0.1, 0.15) is 17.7 Å². The fraction of sp³-hybridized carbons (Fsp3) is 0.500. The summed E-state index contributed by atoms with van der Waals surface area (Å²) in [6.45, 7) is 0. The van der Waals surface area contributed by atoms with Crippen molar-refractivity contribution >= 4 is 48.3 Å². The molecule has 0 saturated carbocycles. The van der Waals surface area contributed by atoms with Crippen LogP contribution in [0.1, 0.15) is 0 Å². The molecule has 0 rings (SSSR count). The summed E-state index contributed by atoms with van der Waals surface area (Å²) in [6, 6.07) is 0. The van der Waals surface area contributed by atoms with E-state index in [1.54, 1.807) is 0 Å². The molecule has 0 N–H and O–H groups in total. The third-order valence-corrected chi connectivity index (χ3v) is 0.585. The minimum absolute atomic E-state index is 0. The Labute approximate surface area is 63.5 Å². The summed E-state index contributed by atoms with van der Waals surface area (Å²) >= 11 is 9.41. The molecule has 0 aromatic heterocycles. The van der Waals surface area contributed by atoms with E-state index in [9.17, 15) is 4.79 Å². The number of alkyl halides is 1. The monoisotopic (exact) mass is 136 g/mol. The van der Waals surface area contributed by atoms with E-state index >= 15 is 0 Å². The molecule has 0 radical (unpaired) electrons. The summed E-state index contributed by atoms with van der Waals surface area (Å²) in [6.07, 6.45) is 0. The maximum atomic E-state index is 9.69. The topological polar surface area (TPSA) is 26.3 Å². The Balaban J connectivity index is 0. The number of carbonyl (C=O) groups is 1. The molecule has 0 aromatic carbocycles. The zero-order valence-electron chi connectivity index (χ0n) is 2.78. The normalized spacial score (nSPS) is 6.57. The summed E-state index contributed by atoms with van der Waals surface area (Å²) in [7, 11) is 0. The van der Waals surface area contributed by atoms with Crippen molar-refractivity contribution in [2.24, 2.45) is 0 Å². The molecule has 2 nitrogen and oxygen atoms in total. The van der Waals surface area contributed by atoms with Gasteiger partial charge in [-0.25, -0.2) is 4.79 Å². The summed E-state index contributed by atoms with van der Waals surface area (Å²) in [5.41, 5.74) is 0. The fourth-order valence-electron chi connectivity index (χ4n) is 0.0206. The van der Waals surface area contributed by atoms with Crippen molar-refractivity contribution in [3.8, 4) is 0 Å². The van der Waals surface area contributed by atoms with Crippen LogP contribution in [0, 0.1) is 0 Å². The van der Waals surface area contributed by atoms with Crippen LogP contribution in [0.4, 0.5) is 0 Å². The van der Waals surface area contributed by atoms with Crippen molar-refractivity contribution in [3.63, 3.8) is 0 Å². The Morgan fingerprint density at radius 1 is 1.71 bits per heavy atom. The van der Waals surface area contributed by atoms with E-state index in [2.05, 4.69) is 16.2 Å². The number of rotatable bonds is 1. The van der Waals surface area contributed by atoms with E-state index in [1.165, 1.54) is 0 Å². The van der Waals surface area contributed by atoms with E-state index in [0.717, 1.165) is 0 Å². The second-order valence-electron chi connectivity index (χ2n) is 0.583. The molecule has 0 heterocycles. The van der Waals surface area contributed by atoms with Crippen LogP contribution in [0.15, 0.2) is 0 Å². The molecule has 0 spiro atoms. The van der Waals surface area contributed by atoms with Gasteiger partial charge >= 0.3 is 24.8 Å². The number of halogens is 2. The van der Waals surface area contributed by atoms with Gasteiger partial charge in [0.25, 0.3) is 0 Å². The molecule has 0 unspecified atom stereocenters. The standard InChI is InChI=1S/C2H2Cl2O2.Li.H/c3-1-2(5)6-4;;/h1H2;;. The molecule has 0 aliphatic carbocycles. The Kier molecular flexibility index (Phi) is 10.1. The van der Waals surface area contributed by atoms with Crippen LogP contribution in [-0.2, 0) is 9.08 Å². The van der Waals surface area contributed by atoms with E-state index in [0.29, 0.717) is 0 Å². The fourth-order valence-corrected chi connectivity index (χ4v) is 0.186. The molecule has 5 heteroatoms. The first-order valence-corrected chi connectivity index (χ1v) is 2.03. The molecule has 0 aliphatic heterocycles. The third-order valence-electron chi connectivity index (χ3n) is 0.195. The number of hydrogen-bond donors (Lipinski definition) is 0. The van der Waals surface area contributed by atoms with Crippen molar-refractivity contribution in [2.45, 2.75) is 0 Å². The molecule has 0 aliphatic rings. The molecule has 0 aromatic rings.